The number of para-hydroxylation sites is 1. The van der Waals surface area contributed by atoms with Crippen LogP contribution in [0.15, 0.2) is 48.5 Å². The molecule has 148 valence electrons. The van der Waals surface area contributed by atoms with Gasteiger partial charge in [0.15, 0.2) is 0 Å². The lowest BCUT2D eigenvalue weighted by atomic mass is 9.90. The number of rotatable bonds is 5. The molecule has 0 bridgehead atoms. The first-order valence-corrected chi connectivity index (χ1v) is 10.5. The van der Waals surface area contributed by atoms with Crippen molar-refractivity contribution in [3.8, 4) is 0 Å². The van der Waals surface area contributed by atoms with Crippen molar-refractivity contribution >= 4 is 35.0 Å². The van der Waals surface area contributed by atoms with Gasteiger partial charge in [0.1, 0.15) is 6.10 Å². The van der Waals surface area contributed by atoms with E-state index in [1.54, 1.807) is 4.90 Å². The predicted molar refractivity (Wildman–Crippen MR) is 113 cm³/mol. The molecule has 1 atom stereocenters. The SMILES string of the molecule is O=C1OC(CN2CCC(Cc3cc(Cl)ccc3Cl)CC2)CN1c1ccccc1. The van der Waals surface area contributed by atoms with Crippen LogP contribution in [0.25, 0.3) is 0 Å². The lowest BCUT2D eigenvalue weighted by molar-refractivity contribution is 0.0914. The summed E-state index contributed by atoms with van der Waals surface area (Å²) in [6, 6.07) is 15.4. The van der Waals surface area contributed by atoms with Crippen LogP contribution in [-0.2, 0) is 11.2 Å². The number of anilines is 1. The van der Waals surface area contributed by atoms with Crippen LogP contribution in [0.4, 0.5) is 10.5 Å². The fourth-order valence-electron chi connectivity index (χ4n) is 4.11. The summed E-state index contributed by atoms with van der Waals surface area (Å²) in [6.45, 7) is 3.44. The lowest BCUT2D eigenvalue weighted by Crippen LogP contribution is -2.40. The van der Waals surface area contributed by atoms with Gasteiger partial charge in [0.25, 0.3) is 0 Å². The minimum Gasteiger partial charge on any atom is -0.443 e. The molecule has 4 nitrogen and oxygen atoms in total. The summed E-state index contributed by atoms with van der Waals surface area (Å²) in [5, 5.41) is 1.54. The number of nitrogens with zero attached hydrogens (tertiary/aromatic N) is 2. The van der Waals surface area contributed by atoms with Crippen molar-refractivity contribution in [1.82, 2.24) is 4.90 Å². The Balaban J connectivity index is 1.27. The number of halogens is 2. The number of amides is 1. The first kappa shape index (κ1) is 19.6. The smallest absolute Gasteiger partial charge is 0.414 e. The summed E-state index contributed by atoms with van der Waals surface area (Å²) in [6.07, 6.45) is 2.87. The molecule has 2 aliphatic heterocycles. The van der Waals surface area contributed by atoms with Crippen LogP contribution in [0, 0.1) is 5.92 Å². The highest BCUT2D eigenvalue weighted by Gasteiger charge is 2.34. The van der Waals surface area contributed by atoms with Gasteiger partial charge >= 0.3 is 6.09 Å². The van der Waals surface area contributed by atoms with Gasteiger partial charge in [0.05, 0.1) is 6.54 Å². The molecule has 2 heterocycles. The second kappa shape index (κ2) is 8.73. The van der Waals surface area contributed by atoms with E-state index >= 15 is 0 Å². The molecule has 0 saturated carbocycles. The zero-order valence-electron chi connectivity index (χ0n) is 15.7. The van der Waals surface area contributed by atoms with E-state index in [0.29, 0.717) is 12.5 Å². The third-order valence-electron chi connectivity index (χ3n) is 5.63. The van der Waals surface area contributed by atoms with Crippen molar-refractivity contribution in [3.63, 3.8) is 0 Å². The molecular weight excluding hydrogens is 395 g/mol. The van der Waals surface area contributed by atoms with E-state index < -0.39 is 0 Å². The predicted octanol–water partition coefficient (Wildman–Crippen LogP) is 5.27. The molecule has 6 heteroatoms. The molecule has 0 aromatic heterocycles. The fourth-order valence-corrected chi connectivity index (χ4v) is 4.50. The summed E-state index contributed by atoms with van der Waals surface area (Å²) in [5.41, 5.74) is 2.03. The maximum atomic E-state index is 12.2. The number of benzene rings is 2. The standard InChI is InChI=1S/C22H24Cl2N2O2/c23-18-6-7-21(24)17(13-18)12-16-8-10-25(11-9-16)14-20-15-26(22(27)28-20)19-4-2-1-3-5-19/h1-7,13,16,20H,8-12,14-15H2. The highest BCUT2D eigenvalue weighted by Crippen LogP contribution is 2.28. The number of hydrogen-bond acceptors (Lipinski definition) is 3. The van der Waals surface area contributed by atoms with Crippen LogP contribution in [0.3, 0.4) is 0 Å². The second-order valence-corrected chi connectivity index (χ2v) is 8.48. The largest absolute Gasteiger partial charge is 0.443 e. The van der Waals surface area contributed by atoms with Crippen LogP contribution in [0.2, 0.25) is 10.0 Å². The molecule has 2 aromatic rings. The minimum atomic E-state index is -0.248. The number of hydrogen-bond donors (Lipinski definition) is 0. The van der Waals surface area contributed by atoms with E-state index in [1.165, 1.54) is 0 Å². The Morgan fingerprint density at radius 2 is 1.79 bits per heavy atom. The van der Waals surface area contributed by atoms with E-state index in [0.717, 1.165) is 60.2 Å². The summed E-state index contributed by atoms with van der Waals surface area (Å²) in [7, 11) is 0. The van der Waals surface area contributed by atoms with Gasteiger partial charge in [-0.1, -0.05) is 41.4 Å². The molecule has 0 radical (unpaired) electrons. The molecule has 1 unspecified atom stereocenters. The van der Waals surface area contributed by atoms with Gasteiger partial charge in [-0.25, -0.2) is 4.79 Å². The van der Waals surface area contributed by atoms with Crippen LogP contribution in [0.1, 0.15) is 18.4 Å². The molecular formula is C22H24Cl2N2O2. The van der Waals surface area contributed by atoms with Crippen molar-refractivity contribution in [2.45, 2.75) is 25.4 Å². The average Bonchev–Trinajstić information content (AvgIpc) is 3.07. The molecule has 1 amide bonds. The number of piperidine rings is 1. The zero-order valence-corrected chi connectivity index (χ0v) is 17.2. The van der Waals surface area contributed by atoms with Gasteiger partial charge < -0.3 is 4.74 Å². The summed E-state index contributed by atoms with van der Waals surface area (Å²) >= 11 is 12.4. The molecule has 2 aromatic carbocycles. The first-order chi connectivity index (χ1) is 13.6. The van der Waals surface area contributed by atoms with Crippen molar-refractivity contribution < 1.29 is 9.53 Å². The first-order valence-electron chi connectivity index (χ1n) is 9.78. The van der Waals surface area contributed by atoms with Gasteiger partial charge in [-0.2, -0.15) is 0 Å². The third-order valence-corrected chi connectivity index (χ3v) is 6.23. The fraction of sp³-hybridized carbons (Fsp3) is 0.409. The Labute approximate surface area is 176 Å². The Morgan fingerprint density at radius 3 is 2.54 bits per heavy atom. The van der Waals surface area contributed by atoms with E-state index in [-0.39, 0.29) is 12.2 Å². The summed E-state index contributed by atoms with van der Waals surface area (Å²) in [5.74, 6) is 0.610. The van der Waals surface area contributed by atoms with Crippen molar-refractivity contribution in [1.29, 1.82) is 0 Å². The van der Waals surface area contributed by atoms with E-state index in [4.69, 9.17) is 27.9 Å². The average molecular weight is 419 g/mol. The number of likely N-dealkylation sites (tertiary alicyclic amines) is 1. The second-order valence-electron chi connectivity index (χ2n) is 7.64. The van der Waals surface area contributed by atoms with E-state index in [1.807, 2.05) is 48.5 Å². The Kier molecular flexibility index (Phi) is 6.10. The van der Waals surface area contributed by atoms with Crippen LogP contribution >= 0.6 is 23.2 Å². The number of ether oxygens (including phenoxy) is 1. The topological polar surface area (TPSA) is 32.8 Å². The molecule has 4 rings (SSSR count). The van der Waals surface area contributed by atoms with Gasteiger partial charge in [-0.15, -0.1) is 0 Å². The molecule has 0 N–H and O–H groups in total. The van der Waals surface area contributed by atoms with Crippen molar-refractivity contribution in [2.24, 2.45) is 5.92 Å². The number of carbonyl (C=O) groups excluding carboxylic acids is 1. The number of cyclic esters (lactones) is 1. The third kappa shape index (κ3) is 4.62. The molecule has 0 aliphatic carbocycles. The molecule has 2 saturated heterocycles. The highest BCUT2D eigenvalue weighted by atomic mass is 35.5. The maximum Gasteiger partial charge on any atom is 0.414 e. The monoisotopic (exact) mass is 418 g/mol. The van der Waals surface area contributed by atoms with E-state index in [9.17, 15) is 4.79 Å². The van der Waals surface area contributed by atoms with E-state index in [2.05, 4.69) is 4.90 Å². The Bertz CT molecular complexity index is 823. The van der Waals surface area contributed by atoms with Crippen LogP contribution in [-0.4, -0.2) is 43.3 Å². The lowest BCUT2D eigenvalue weighted by Gasteiger charge is -2.33. The highest BCUT2D eigenvalue weighted by molar-refractivity contribution is 6.33. The van der Waals surface area contributed by atoms with Gasteiger partial charge in [0.2, 0.25) is 0 Å². The quantitative estimate of drug-likeness (QED) is 0.662. The molecule has 2 aliphatic rings. The summed E-state index contributed by atoms with van der Waals surface area (Å²) in [4.78, 5) is 16.3. The zero-order chi connectivity index (χ0) is 19.5. The molecule has 2 fully saturated rings. The van der Waals surface area contributed by atoms with Crippen molar-refractivity contribution in [2.75, 3.05) is 31.1 Å². The minimum absolute atomic E-state index is 0.0772. The summed E-state index contributed by atoms with van der Waals surface area (Å²) < 4.78 is 5.60. The molecule has 28 heavy (non-hydrogen) atoms. The normalized spacial score (nSPS) is 21.1. The Hall–Kier alpha value is -1.75. The molecule has 0 spiro atoms. The van der Waals surface area contributed by atoms with Gasteiger partial charge in [-0.3, -0.25) is 9.80 Å². The van der Waals surface area contributed by atoms with Gasteiger partial charge in [-0.05, 0) is 74.2 Å². The van der Waals surface area contributed by atoms with Gasteiger partial charge in [0, 0.05) is 22.3 Å². The van der Waals surface area contributed by atoms with Crippen LogP contribution < -0.4 is 4.90 Å². The number of carbonyl (C=O) groups is 1. The Morgan fingerprint density at radius 1 is 1.04 bits per heavy atom. The van der Waals surface area contributed by atoms with Crippen molar-refractivity contribution in [3.05, 3.63) is 64.1 Å². The van der Waals surface area contributed by atoms with Crippen LogP contribution in [0.5, 0.6) is 0 Å². The maximum absolute atomic E-state index is 12.2.